The van der Waals surface area contributed by atoms with Crippen LogP contribution >= 0.6 is 0 Å². The van der Waals surface area contributed by atoms with Crippen LogP contribution in [0.3, 0.4) is 0 Å². The van der Waals surface area contributed by atoms with Crippen LogP contribution in [0.5, 0.6) is 0 Å². The highest BCUT2D eigenvalue weighted by Gasteiger charge is 2.10. The number of nitrogens with zero attached hydrogens (tertiary/aromatic N) is 2. The molecular formula is C13H22FN3. The van der Waals surface area contributed by atoms with E-state index < -0.39 is 0 Å². The Bertz CT molecular complexity index is 364. The van der Waals surface area contributed by atoms with Gasteiger partial charge in [-0.3, -0.25) is 0 Å². The van der Waals surface area contributed by atoms with Crippen LogP contribution in [0, 0.1) is 5.82 Å². The molecular weight excluding hydrogens is 217 g/mol. The van der Waals surface area contributed by atoms with Gasteiger partial charge in [-0.05, 0) is 38.7 Å². The van der Waals surface area contributed by atoms with Crippen molar-refractivity contribution in [3.05, 3.63) is 29.6 Å². The van der Waals surface area contributed by atoms with Crippen molar-refractivity contribution in [3.8, 4) is 0 Å². The van der Waals surface area contributed by atoms with Gasteiger partial charge in [-0.2, -0.15) is 0 Å². The number of benzene rings is 1. The minimum Gasteiger partial charge on any atom is -0.371 e. The molecule has 0 bridgehead atoms. The molecule has 0 aliphatic carbocycles. The lowest BCUT2D eigenvalue weighted by atomic mass is 10.1. The van der Waals surface area contributed by atoms with Gasteiger partial charge in [0.15, 0.2) is 0 Å². The van der Waals surface area contributed by atoms with Crippen LogP contribution in [0.25, 0.3) is 0 Å². The molecule has 0 aliphatic rings. The van der Waals surface area contributed by atoms with Crippen molar-refractivity contribution in [2.24, 2.45) is 5.73 Å². The van der Waals surface area contributed by atoms with Gasteiger partial charge in [0.2, 0.25) is 0 Å². The zero-order valence-corrected chi connectivity index (χ0v) is 11.1. The van der Waals surface area contributed by atoms with Crippen molar-refractivity contribution in [1.29, 1.82) is 0 Å². The summed E-state index contributed by atoms with van der Waals surface area (Å²) in [5, 5.41) is 0. The molecule has 2 N–H and O–H groups in total. The van der Waals surface area contributed by atoms with E-state index in [9.17, 15) is 4.39 Å². The average molecular weight is 239 g/mol. The van der Waals surface area contributed by atoms with Crippen LogP contribution in [-0.4, -0.2) is 39.1 Å². The maximum atomic E-state index is 13.9. The molecule has 1 unspecified atom stereocenters. The first kappa shape index (κ1) is 13.9. The van der Waals surface area contributed by atoms with Crippen LogP contribution in [0.15, 0.2) is 18.2 Å². The maximum Gasteiger partial charge on any atom is 0.146 e. The molecule has 0 saturated carbocycles. The number of hydrogen-bond donors (Lipinski definition) is 1. The van der Waals surface area contributed by atoms with E-state index in [4.69, 9.17) is 5.73 Å². The average Bonchev–Trinajstić information content (AvgIpc) is 2.25. The fraction of sp³-hybridized carbons (Fsp3) is 0.538. The topological polar surface area (TPSA) is 32.5 Å². The van der Waals surface area contributed by atoms with E-state index in [1.165, 1.54) is 6.07 Å². The molecule has 17 heavy (non-hydrogen) atoms. The molecule has 0 fully saturated rings. The molecule has 3 nitrogen and oxygen atoms in total. The Morgan fingerprint density at radius 3 is 2.35 bits per heavy atom. The highest BCUT2D eigenvalue weighted by Crippen LogP contribution is 2.21. The van der Waals surface area contributed by atoms with Crippen molar-refractivity contribution in [3.63, 3.8) is 0 Å². The summed E-state index contributed by atoms with van der Waals surface area (Å²) in [5.74, 6) is -0.207. The van der Waals surface area contributed by atoms with Gasteiger partial charge in [-0.25, -0.2) is 4.39 Å². The lowest BCUT2D eigenvalue weighted by Gasteiger charge is -2.22. The lowest BCUT2D eigenvalue weighted by Crippen LogP contribution is -2.29. The second-order valence-corrected chi connectivity index (χ2v) is 4.72. The van der Waals surface area contributed by atoms with E-state index in [0.29, 0.717) is 5.69 Å². The smallest absolute Gasteiger partial charge is 0.146 e. The highest BCUT2D eigenvalue weighted by molar-refractivity contribution is 5.48. The Labute approximate surface area is 103 Å². The van der Waals surface area contributed by atoms with Gasteiger partial charge in [0.25, 0.3) is 0 Å². The van der Waals surface area contributed by atoms with Crippen molar-refractivity contribution >= 4 is 5.69 Å². The van der Waals surface area contributed by atoms with Gasteiger partial charge < -0.3 is 15.5 Å². The first-order chi connectivity index (χ1) is 7.91. The summed E-state index contributed by atoms with van der Waals surface area (Å²) in [6.45, 7) is 3.54. The molecule has 1 aromatic rings. The fourth-order valence-electron chi connectivity index (χ4n) is 1.59. The molecule has 4 heteroatoms. The zero-order valence-electron chi connectivity index (χ0n) is 11.1. The quantitative estimate of drug-likeness (QED) is 0.851. The third-order valence-corrected chi connectivity index (χ3v) is 2.79. The largest absolute Gasteiger partial charge is 0.371 e. The number of anilines is 1. The second kappa shape index (κ2) is 5.98. The maximum absolute atomic E-state index is 13.9. The summed E-state index contributed by atoms with van der Waals surface area (Å²) in [4.78, 5) is 3.99. The van der Waals surface area contributed by atoms with E-state index >= 15 is 0 Å². The molecule has 96 valence electrons. The van der Waals surface area contributed by atoms with Gasteiger partial charge in [0, 0.05) is 26.2 Å². The predicted octanol–water partition coefficient (Wildman–Crippen LogP) is 1.84. The summed E-state index contributed by atoms with van der Waals surface area (Å²) in [6.07, 6.45) is 0. The van der Waals surface area contributed by atoms with Gasteiger partial charge in [-0.1, -0.05) is 6.07 Å². The van der Waals surface area contributed by atoms with Gasteiger partial charge in [0.05, 0.1) is 5.69 Å². The summed E-state index contributed by atoms with van der Waals surface area (Å²) in [6, 6.07) is 5.07. The van der Waals surface area contributed by atoms with Crippen LogP contribution < -0.4 is 10.6 Å². The minimum absolute atomic E-state index is 0.134. The van der Waals surface area contributed by atoms with Crippen LogP contribution in [0.4, 0.5) is 10.1 Å². The first-order valence-electron chi connectivity index (χ1n) is 5.82. The summed E-state index contributed by atoms with van der Waals surface area (Å²) in [5.41, 5.74) is 7.17. The molecule has 1 aromatic carbocycles. The van der Waals surface area contributed by atoms with E-state index in [1.807, 2.05) is 39.0 Å². The third kappa shape index (κ3) is 3.98. The van der Waals surface area contributed by atoms with Crippen molar-refractivity contribution in [1.82, 2.24) is 4.90 Å². The second-order valence-electron chi connectivity index (χ2n) is 4.72. The molecule has 0 aromatic heterocycles. The zero-order chi connectivity index (χ0) is 13.0. The number of nitrogens with two attached hydrogens (primary N) is 1. The molecule has 0 radical (unpaired) electrons. The molecule has 0 heterocycles. The number of halogens is 1. The third-order valence-electron chi connectivity index (χ3n) is 2.79. The van der Waals surface area contributed by atoms with E-state index in [2.05, 4.69) is 4.90 Å². The summed E-state index contributed by atoms with van der Waals surface area (Å²) < 4.78 is 13.9. The molecule has 0 saturated heterocycles. The van der Waals surface area contributed by atoms with Crippen LogP contribution in [0.1, 0.15) is 18.5 Å². The fourth-order valence-corrected chi connectivity index (χ4v) is 1.59. The van der Waals surface area contributed by atoms with Crippen molar-refractivity contribution in [2.45, 2.75) is 13.0 Å². The lowest BCUT2D eigenvalue weighted by molar-refractivity contribution is 0.416. The Kier molecular flexibility index (Phi) is 4.90. The Balaban J connectivity index is 2.77. The molecule has 0 aliphatic heterocycles. The summed E-state index contributed by atoms with van der Waals surface area (Å²) >= 11 is 0. The predicted molar refractivity (Wildman–Crippen MR) is 70.8 cm³/mol. The monoisotopic (exact) mass is 239 g/mol. The van der Waals surface area contributed by atoms with Crippen LogP contribution in [0.2, 0.25) is 0 Å². The van der Waals surface area contributed by atoms with E-state index in [0.717, 1.165) is 18.7 Å². The Hall–Kier alpha value is -1.13. The molecule has 0 amide bonds. The summed E-state index contributed by atoms with van der Waals surface area (Å²) in [7, 11) is 5.90. The SMILES string of the molecule is CC(N)c1ccc(N(C)CCN(C)C)c(F)c1. The van der Waals surface area contributed by atoms with Gasteiger partial charge in [-0.15, -0.1) is 0 Å². The van der Waals surface area contributed by atoms with Crippen LogP contribution in [-0.2, 0) is 0 Å². The normalized spacial score (nSPS) is 12.9. The molecule has 1 rings (SSSR count). The first-order valence-corrected chi connectivity index (χ1v) is 5.82. The number of hydrogen-bond acceptors (Lipinski definition) is 3. The number of rotatable bonds is 5. The molecule has 1 atom stereocenters. The molecule has 0 spiro atoms. The highest BCUT2D eigenvalue weighted by atomic mass is 19.1. The Morgan fingerprint density at radius 1 is 1.24 bits per heavy atom. The number of likely N-dealkylation sites (N-methyl/N-ethyl adjacent to an activating group) is 2. The van der Waals surface area contributed by atoms with Crippen molar-refractivity contribution in [2.75, 3.05) is 39.1 Å². The van der Waals surface area contributed by atoms with Crippen molar-refractivity contribution < 1.29 is 4.39 Å². The Morgan fingerprint density at radius 2 is 1.88 bits per heavy atom. The van der Waals surface area contributed by atoms with E-state index in [-0.39, 0.29) is 11.9 Å². The van der Waals surface area contributed by atoms with Gasteiger partial charge >= 0.3 is 0 Å². The van der Waals surface area contributed by atoms with Gasteiger partial charge in [0.1, 0.15) is 5.82 Å². The standard InChI is InChI=1S/C13H22FN3/c1-10(15)11-5-6-13(12(14)9-11)17(4)8-7-16(2)3/h5-6,9-10H,7-8,15H2,1-4H3. The van der Waals surface area contributed by atoms with E-state index in [1.54, 1.807) is 6.07 Å². The minimum atomic E-state index is -0.207.